The van der Waals surface area contributed by atoms with Crippen LogP contribution < -0.4 is 16.3 Å². The van der Waals surface area contributed by atoms with Crippen molar-refractivity contribution in [3.05, 3.63) is 26.4 Å². The molecule has 2 heterocycles. The van der Waals surface area contributed by atoms with Gasteiger partial charge in [-0.3, -0.25) is 9.78 Å². The summed E-state index contributed by atoms with van der Waals surface area (Å²) in [6.07, 6.45) is 3.52. The third-order valence-electron chi connectivity index (χ3n) is 3.13. The number of aromatic hydroxyl groups is 1. The topological polar surface area (TPSA) is 78.3 Å². The third-order valence-corrected chi connectivity index (χ3v) is 3.13. The molecule has 0 aliphatic carbocycles. The lowest BCUT2D eigenvalue weighted by Gasteiger charge is -2.30. The van der Waals surface area contributed by atoms with Crippen LogP contribution >= 0.6 is 0 Å². The van der Waals surface area contributed by atoms with Crippen molar-refractivity contribution in [2.45, 2.75) is 32.6 Å². The van der Waals surface area contributed by atoms with Crippen LogP contribution in [0.15, 0.2) is 9.59 Å². The molecule has 0 unspecified atom stereocenters. The fraction of sp³-hybridized carbons (Fsp3) is 0.636. The van der Waals surface area contributed by atoms with E-state index in [-0.39, 0.29) is 11.4 Å². The minimum Gasteiger partial charge on any atom is -0.493 e. The van der Waals surface area contributed by atoms with E-state index < -0.39 is 11.2 Å². The summed E-state index contributed by atoms with van der Waals surface area (Å²) in [5.74, 6) is -0.219. The molecule has 0 spiro atoms. The van der Waals surface area contributed by atoms with Crippen molar-refractivity contribution < 1.29 is 5.11 Å². The molecule has 2 N–H and O–H groups in total. The molecular formula is C11H17N3O3. The van der Waals surface area contributed by atoms with E-state index in [4.69, 9.17) is 0 Å². The summed E-state index contributed by atoms with van der Waals surface area (Å²) in [6, 6.07) is 0. The summed E-state index contributed by atoms with van der Waals surface area (Å²) in [7, 11) is 0. The maximum Gasteiger partial charge on any atom is 0.350 e. The van der Waals surface area contributed by atoms with Gasteiger partial charge in [-0.2, -0.15) is 4.68 Å². The first-order valence-electron chi connectivity index (χ1n) is 5.97. The summed E-state index contributed by atoms with van der Waals surface area (Å²) >= 11 is 0. The van der Waals surface area contributed by atoms with Crippen molar-refractivity contribution in [2.75, 3.05) is 18.1 Å². The van der Waals surface area contributed by atoms with E-state index >= 15 is 0 Å². The molecule has 6 nitrogen and oxygen atoms in total. The average Bonchev–Trinajstić information content (AvgIpc) is 2.30. The summed E-state index contributed by atoms with van der Waals surface area (Å²) in [4.78, 5) is 25.5. The summed E-state index contributed by atoms with van der Waals surface area (Å²) < 4.78 is 1.19. The lowest BCUT2D eigenvalue weighted by molar-refractivity contribution is 0.364. The van der Waals surface area contributed by atoms with Crippen LogP contribution in [0.3, 0.4) is 0 Å². The molecule has 0 aromatic carbocycles. The Bertz CT molecular complexity index is 512. The van der Waals surface area contributed by atoms with Crippen LogP contribution in [-0.2, 0) is 6.42 Å². The smallest absolute Gasteiger partial charge is 0.350 e. The minimum absolute atomic E-state index is 0.219. The van der Waals surface area contributed by atoms with Gasteiger partial charge in [0.05, 0.1) is 5.56 Å². The zero-order chi connectivity index (χ0) is 12.4. The Hall–Kier alpha value is -1.72. The maximum atomic E-state index is 11.7. The summed E-state index contributed by atoms with van der Waals surface area (Å²) in [5.41, 5.74) is -0.801. The Labute approximate surface area is 98.5 Å². The third kappa shape index (κ3) is 2.07. The van der Waals surface area contributed by atoms with Crippen LogP contribution in [0.25, 0.3) is 0 Å². The van der Waals surface area contributed by atoms with Crippen LogP contribution in [0.2, 0.25) is 0 Å². The number of nitrogens with one attached hydrogen (secondary N) is 1. The van der Waals surface area contributed by atoms with Crippen molar-refractivity contribution in [2.24, 2.45) is 0 Å². The van der Waals surface area contributed by atoms with Crippen molar-refractivity contribution in [3.8, 4) is 5.88 Å². The molecule has 0 radical (unpaired) electrons. The molecule has 1 saturated heterocycles. The van der Waals surface area contributed by atoms with E-state index in [1.54, 1.807) is 11.9 Å². The van der Waals surface area contributed by atoms with E-state index in [1.807, 2.05) is 0 Å². The fourth-order valence-corrected chi connectivity index (χ4v) is 2.21. The molecule has 1 fully saturated rings. The number of aromatic amines is 1. The predicted octanol–water partition coefficient (Wildman–Crippen LogP) is -0.0735. The minimum atomic E-state index is -0.563. The van der Waals surface area contributed by atoms with Crippen molar-refractivity contribution in [3.63, 3.8) is 0 Å². The number of piperidine rings is 1. The molecule has 17 heavy (non-hydrogen) atoms. The van der Waals surface area contributed by atoms with Crippen LogP contribution in [0.4, 0.5) is 0 Å². The van der Waals surface area contributed by atoms with Gasteiger partial charge in [-0.05, 0) is 25.7 Å². The van der Waals surface area contributed by atoms with E-state index in [2.05, 4.69) is 4.98 Å². The molecule has 6 heteroatoms. The fourth-order valence-electron chi connectivity index (χ4n) is 2.21. The van der Waals surface area contributed by atoms with Gasteiger partial charge in [0.2, 0.25) is 5.88 Å². The Morgan fingerprint density at radius 2 is 1.88 bits per heavy atom. The average molecular weight is 239 g/mol. The monoisotopic (exact) mass is 239 g/mol. The quantitative estimate of drug-likeness (QED) is 0.757. The Kier molecular flexibility index (Phi) is 3.21. The first-order chi connectivity index (χ1) is 8.15. The Morgan fingerprint density at radius 3 is 2.47 bits per heavy atom. The van der Waals surface area contributed by atoms with Crippen LogP contribution in [0, 0.1) is 0 Å². The molecule has 0 saturated carbocycles. The van der Waals surface area contributed by atoms with Crippen molar-refractivity contribution in [1.82, 2.24) is 9.66 Å². The number of hydrogen-bond donors (Lipinski definition) is 2. The molecule has 1 aromatic heterocycles. The normalized spacial score (nSPS) is 16.2. The second-order valence-electron chi connectivity index (χ2n) is 4.24. The number of rotatable bonds is 2. The second kappa shape index (κ2) is 4.65. The van der Waals surface area contributed by atoms with E-state index in [0.717, 1.165) is 32.4 Å². The van der Waals surface area contributed by atoms with Crippen LogP contribution in [-0.4, -0.2) is 27.9 Å². The number of hydrogen-bond acceptors (Lipinski definition) is 4. The van der Waals surface area contributed by atoms with Crippen LogP contribution in [0.1, 0.15) is 31.7 Å². The lowest BCUT2D eigenvalue weighted by atomic mass is 10.2. The highest BCUT2D eigenvalue weighted by Crippen LogP contribution is 2.14. The molecular weight excluding hydrogens is 222 g/mol. The zero-order valence-electron chi connectivity index (χ0n) is 9.90. The molecule has 0 bridgehead atoms. The van der Waals surface area contributed by atoms with E-state index in [9.17, 15) is 14.7 Å². The van der Waals surface area contributed by atoms with E-state index in [0.29, 0.717) is 6.42 Å². The van der Waals surface area contributed by atoms with Gasteiger partial charge < -0.3 is 10.1 Å². The summed E-state index contributed by atoms with van der Waals surface area (Å²) in [5, 5.41) is 11.8. The predicted molar refractivity (Wildman–Crippen MR) is 64.2 cm³/mol. The van der Waals surface area contributed by atoms with Gasteiger partial charge in [-0.25, -0.2) is 4.79 Å². The van der Waals surface area contributed by atoms with Gasteiger partial charge in [0.15, 0.2) is 0 Å². The zero-order valence-corrected chi connectivity index (χ0v) is 9.90. The van der Waals surface area contributed by atoms with Gasteiger partial charge in [0.1, 0.15) is 0 Å². The lowest BCUT2D eigenvalue weighted by Crippen LogP contribution is -2.48. The molecule has 94 valence electrons. The Balaban J connectivity index is 2.52. The van der Waals surface area contributed by atoms with Crippen molar-refractivity contribution >= 4 is 0 Å². The highest BCUT2D eigenvalue weighted by molar-refractivity contribution is 5.24. The maximum absolute atomic E-state index is 11.7. The molecule has 1 aromatic rings. The molecule has 0 amide bonds. The number of H-pyrrole nitrogens is 1. The van der Waals surface area contributed by atoms with Crippen LogP contribution in [0.5, 0.6) is 5.88 Å². The summed E-state index contributed by atoms with van der Waals surface area (Å²) in [6.45, 7) is 3.22. The first-order valence-corrected chi connectivity index (χ1v) is 5.97. The molecule has 1 aliphatic heterocycles. The number of nitrogens with zero attached hydrogens (tertiary/aromatic N) is 2. The molecule has 0 atom stereocenters. The van der Waals surface area contributed by atoms with Crippen molar-refractivity contribution in [1.29, 1.82) is 0 Å². The highest BCUT2D eigenvalue weighted by Gasteiger charge is 2.19. The van der Waals surface area contributed by atoms with E-state index in [1.165, 1.54) is 4.68 Å². The van der Waals surface area contributed by atoms with Gasteiger partial charge in [-0.1, -0.05) is 6.92 Å². The molecule has 1 aliphatic rings. The largest absolute Gasteiger partial charge is 0.493 e. The highest BCUT2D eigenvalue weighted by atomic mass is 16.3. The first kappa shape index (κ1) is 11.8. The number of aromatic nitrogens is 2. The van der Waals surface area contributed by atoms with Gasteiger partial charge in [-0.15, -0.1) is 0 Å². The second-order valence-corrected chi connectivity index (χ2v) is 4.24. The molecule has 2 rings (SSSR count). The van der Waals surface area contributed by atoms with Gasteiger partial charge in [0.25, 0.3) is 5.56 Å². The van der Waals surface area contributed by atoms with Gasteiger partial charge >= 0.3 is 5.69 Å². The van der Waals surface area contributed by atoms with Gasteiger partial charge in [0, 0.05) is 13.1 Å². The standard InChI is InChI=1S/C11H17N3O3/c1-2-8-9(15)12-11(17)14(10(8)16)13-6-4-3-5-7-13/h16H,2-7H2,1H3,(H,12,15,17). The Morgan fingerprint density at radius 1 is 1.24 bits per heavy atom. The SMILES string of the molecule is CCc1c(O)n(N2CCCCC2)c(=O)[nH]c1=O.